The van der Waals surface area contributed by atoms with Crippen LogP contribution < -0.4 is 10.6 Å². The normalized spacial score (nSPS) is 10.8. The number of benzene rings is 2. The summed E-state index contributed by atoms with van der Waals surface area (Å²) in [5.74, 6) is -3.04. The lowest BCUT2D eigenvalue weighted by Crippen LogP contribution is -2.21. The van der Waals surface area contributed by atoms with Gasteiger partial charge in [-0.15, -0.1) is 0 Å². The Morgan fingerprint density at radius 1 is 1.00 bits per heavy atom. The SMILES string of the molecule is Cc1ccc(NC(=O)Nc2ccc(F)c(C(=O)c3c[nH]c4ncccc34)c2F)cc1. The average Bonchev–Trinajstić information content (AvgIpc) is 3.16. The highest BCUT2D eigenvalue weighted by Crippen LogP contribution is 2.27. The minimum absolute atomic E-state index is 0.0807. The number of ketones is 1. The Kier molecular flexibility index (Phi) is 4.97. The Morgan fingerprint density at radius 3 is 2.53 bits per heavy atom. The number of urea groups is 1. The second-order valence-corrected chi connectivity index (χ2v) is 6.66. The summed E-state index contributed by atoms with van der Waals surface area (Å²) >= 11 is 0. The molecule has 0 radical (unpaired) electrons. The molecule has 0 aliphatic heterocycles. The molecule has 30 heavy (non-hydrogen) atoms. The summed E-state index contributed by atoms with van der Waals surface area (Å²) in [7, 11) is 0. The van der Waals surface area contributed by atoms with Crippen molar-refractivity contribution in [2.45, 2.75) is 6.92 Å². The molecular formula is C22H16F2N4O2. The smallest absolute Gasteiger partial charge is 0.323 e. The van der Waals surface area contributed by atoms with Gasteiger partial charge in [0.05, 0.1) is 11.3 Å². The fourth-order valence-corrected chi connectivity index (χ4v) is 3.06. The third kappa shape index (κ3) is 3.62. The lowest BCUT2D eigenvalue weighted by Gasteiger charge is -2.11. The highest BCUT2D eigenvalue weighted by atomic mass is 19.1. The maximum Gasteiger partial charge on any atom is 0.323 e. The molecule has 0 aliphatic carbocycles. The van der Waals surface area contributed by atoms with Crippen LogP contribution in [0.15, 0.2) is 60.9 Å². The predicted molar refractivity (Wildman–Crippen MR) is 110 cm³/mol. The van der Waals surface area contributed by atoms with E-state index in [1.54, 1.807) is 36.4 Å². The van der Waals surface area contributed by atoms with Crippen molar-refractivity contribution >= 4 is 34.2 Å². The van der Waals surface area contributed by atoms with E-state index in [0.717, 1.165) is 17.7 Å². The topological polar surface area (TPSA) is 86.9 Å². The van der Waals surface area contributed by atoms with Crippen LogP contribution in [0, 0.1) is 18.6 Å². The molecule has 0 aliphatic rings. The molecule has 0 saturated heterocycles. The van der Waals surface area contributed by atoms with Crippen LogP contribution in [0.4, 0.5) is 25.0 Å². The molecule has 0 fully saturated rings. The summed E-state index contributed by atoms with van der Waals surface area (Å²) in [6, 6.07) is 11.5. The number of aromatic nitrogens is 2. The molecular weight excluding hydrogens is 390 g/mol. The monoisotopic (exact) mass is 406 g/mol. The van der Waals surface area contributed by atoms with Gasteiger partial charge in [0.25, 0.3) is 0 Å². The standard InChI is InChI=1S/C22H16F2N4O2/c1-12-4-6-13(7-5-12)27-22(30)28-17-9-8-16(23)18(19(17)24)20(29)15-11-26-21-14(15)3-2-10-25-21/h2-11H,1H3,(H,25,26)(H2,27,28,30). The first-order chi connectivity index (χ1) is 14.4. The van der Waals surface area contributed by atoms with E-state index in [2.05, 4.69) is 20.6 Å². The summed E-state index contributed by atoms with van der Waals surface area (Å²) in [5, 5.41) is 5.31. The van der Waals surface area contributed by atoms with Gasteiger partial charge in [0, 0.05) is 29.0 Å². The van der Waals surface area contributed by atoms with E-state index >= 15 is 0 Å². The van der Waals surface area contributed by atoms with Crippen molar-refractivity contribution in [3.05, 3.63) is 89.2 Å². The Morgan fingerprint density at radius 2 is 1.77 bits per heavy atom. The van der Waals surface area contributed by atoms with Crippen molar-refractivity contribution in [1.82, 2.24) is 9.97 Å². The summed E-state index contributed by atoms with van der Waals surface area (Å²) in [4.78, 5) is 31.9. The number of H-pyrrole nitrogens is 1. The number of amides is 2. The number of halogens is 2. The number of fused-ring (bicyclic) bond motifs is 1. The van der Waals surface area contributed by atoms with Crippen LogP contribution in [0.5, 0.6) is 0 Å². The van der Waals surface area contributed by atoms with Crippen molar-refractivity contribution in [2.24, 2.45) is 0 Å². The van der Waals surface area contributed by atoms with E-state index in [9.17, 15) is 18.4 Å². The third-order valence-corrected chi connectivity index (χ3v) is 4.57. The van der Waals surface area contributed by atoms with Crippen LogP contribution in [0.1, 0.15) is 21.5 Å². The fourth-order valence-electron chi connectivity index (χ4n) is 3.06. The fraction of sp³-hybridized carbons (Fsp3) is 0.0455. The quantitative estimate of drug-likeness (QED) is 0.416. The molecule has 2 heterocycles. The Labute approximate surface area is 170 Å². The third-order valence-electron chi connectivity index (χ3n) is 4.57. The minimum Gasteiger partial charge on any atom is -0.345 e. The van der Waals surface area contributed by atoms with Gasteiger partial charge in [-0.3, -0.25) is 4.79 Å². The molecule has 0 saturated carbocycles. The van der Waals surface area contributed by atoms with Crippen molar-refractivity contribution in [1.29, 1.82) is 0 Å². The van der Waals surface area contributed by atoms with Crippen molar-refractivity contribution in [3.63, 3.8) is 0 Å². The number of hydrogen-bond donors (Lipinski definition) is 3. The van der Waals surface area contributed by atoms with Crippen LogP contribution in [0.2, 0.25) is 0 Å². The molecule has 8 heteroatoms. The average molecular weight is 406 g/mol. The molecule has 0 spiro atoms. The Bertz CT molecular complexity index is 1270. The van der Waals surface area contributed by atoms with Gasteiger partial charge in [-0.05, 0) is 43.3 Å². The van der Waals surface area contributed by atoms with Gasteiger partial charge in [-0.1, -0.05) is 17.7 Å². The van der Waals surface area contributed by atoms with Gasteiger partial charge >= 0.3 is 6.03 Å². The second kappa shape index (κ2) is 7.75. The molecule has 150 valence electrons. The summed E-state index contributed by atoms with van der Waals surface area (Å²) in [6.45, 7) is 1.90. The minimum atomic E-state index is -1.16. The van der Waals surface area contributed by atoms with E-state index in [-0.39, 0.29) is 11.3 Å². The summed E-state index contributed by atoms with van der Waals surface area (Å²) in [6.07, 6.45) is 2.88. The van der Waals surface area contributed by atoms with E-state index in [0.29, 0.717) is 16.7 Å². The first-order valence-electron chi connectivity index (χ1n) is 9.03. The molecule has 6 nitrogen and oxygen atoms in total. The molecule has 4 aromatic rings. The molecule has 2 amide bonds. The first kappa shape index (κ1) is 19.3. The lowest BCUT2D eigenvalue weighted by atomic mass is 10.0. The highest BCUT2D eigenvalue weighted by Gasteiger charge is 2.24. The van der Waals surface area contributed by atoms with Crippen LogP contribution in [-0.4, -0.2) is 21.8 Å². The largest absolute Gasteiger partial charge is 0.345 e. The van der Waals surface area contributed by atoms with Gasteiger partial charge < -0.3 is 15.6 Å². The van der Waals surface area contributed by atoms with Crippen molar-refractivity contribution in [2.75, 3.05) is 10.6 Å². The van der Waals surface area contributed by atoms with Crippen molar-refractivity contribution < 1.29 is 18.4 Å². The first-order valence-corrected chi connectivity index (χ1v) is 9.03. The number of aryl methyl sites for hydroxylation is 1. The summed E-state index contributed by atoms with van der Waals surface area (Å²) < 4.78 is 29.4. The number of aromatic amines is 1. The second-order valence-electron chi connectivity index (χ2n) is 6.66. The summed E-state index contributed by atoms with van der Waals surface area (Å²) in [5.41, 5.74) is 0.949. The van der Waals surface area contributed by atoms with Crippen molar-refractivity contribution in [3.8, 4) is 0 Å². The molecule has 2 aromatic carbocycles. The van der Waals surface area contributed by atoms with E-state index in [1.165, 1.54) is 12.4 Å². The van der Waals surface area contributed by atoms with Gasteiger partial charge in [0.2, 0.25) is 5.78 Å². The molecule has 0 atom stereocenters. The van der Waals surface area contributed by atoms with Crippen LogP contribution in [-0.2, 0) is 0 Å². The van der Waals surface area contributed by atoms with Gasteiger partial charge in [0.1, 0.15) is 11.5 Å². The number of nitrogens with one attached hydrogen (secondary N) is 3. The maximum atomic E-state index is 15.0. The predicted octanol–water partition coefficient (Wildman–Crippen LogP) is 5.02. The number of carbonyl (C=O) groups excluding carboxylic acids is 2. The molecule has 0 bridgehead atoms. The number of nitrogens with zero attached hydrogens (tertiary/aromatic N) is 1. The van der Waals surface area contributed by atoms with Crippen LogP contribution in [0.3, 0.4) is 0 Å². The number of anilines is 2. The number of pyridine rings is 1. The van der Waals surface area contributed by atoms with Gasteiger partial charge in [-0.2, -0.15) is 0 Å². The molecule has 0 unspecified atom stereocenters. The van der Waals surface area contributed by atoms with Gasteiger partial charge in [0.15, 0.2) is 5.82 Å². The number of carbonyl (C=O) groups is 2. The Hall–Kier alpha value is -4.07. The van der Waals surface area contributed by atoms with E-state index in [1.807, 2.05) is 6.92 Å². The molecule has 3 N–H and O–H groups in total. The molecule has 2 aromatic heterocycles. The molecule has 4 rings (SSSR count). The maximum absolute atomic E-state index is 15.0. The zero-order valence-corrected chi connectivity index (χ0v) is 15.8. The number of hydrogen-bond acceptors (Lipinski definition) is 3. The van der Waals surface area contributed by atoms with E-state index < -0.39 is 29.0 Å². The van der Waals surface area contributed by atoms with E-state index in [4.69, 9.17) is 0 Å². The van der Waals surface area contributed by atoms with Crippen LogP contribution >= 0.6 is 0 Å². The van der Waals surface area contributed by atoms with Crippen LogP contribution in [0.25, 0.3) is 11.0 Å². The zero-order valence-electron chi connectivity index (χ0n) is 15.8. The lowest BCUT2D eigenvalue weighted by molar-refractivity contribution is 0.103. The number of rotatable bonds is 4. The zero-order chi connectivity index (χ0) is 21.3. The van der Waals surface area contributed by atoms with Gasteiger partial charge in [-0.25, -0.2) is 18.6 Å². The Balaban J connectivity index is 1.62. The highest BCUT2D eigenvalue weighted by molar-refractivity contribution is 6.16.